The van der Waals surface area contributed by atoms with Crippen LogP contribution in [-0.4, -0.2) is 24.2 Å². The Labute approximate surface area is 53.4 Å². The first-order valence-corrected chi connectivity index (χ1v) is 2.84. The van der Waals surface area contributed by atoms with Gasteiger partial charge in [0.2, 0.25) is 0 Å². The predicted molar refractivity (Wildman–Crippen MR) is 33.2 cm³/mol. The second-order valence-electron chi connectivity index (χ2n) is 2.17. The third kappa shape index (κ3) is 1.10. The molecule has 9 heavy (non-hydrogen) atoms. The van der Waals surface area contributed by atoms with E-state index in [1.807, 2.05) is 6.92 Å². The average Bonchev–Trinajstić information content (AvgIpc) is 2.13. The van der Waals surface area contributed by atoms with Gasteiger partial charge in [-0.25, -0.2) is 4.79 Å². The molecule has 50 valence electrons. The van der Waals surface area contributed by atoms with Gasteiger partial charge in [-0.2, -0.15) is 0 Å². The Morgan fingerprint density at radius 3 is 2.56 bits per heavy atom. The summed E-state index contributed by atoms with van der Waals surface area (Å²) in [5.41, 5.74) is 1.47. The summed E-state index contributed by atoms with van der Waals surface area (Å²) in [6, 6.07) is 0. The van der Waals surface area contributed by atoms with Gasteiger partial charge in [0.25, 0.3) is 0 Å². The maximum Gasteiger partial charge on any atom is 0.332 e. The van der Waals surface area contributed by atoms with Crippen LogP contribution in [-0.2, 0) is 4.79 Å². The Kier molecular flexibility index (Phi) is 1.53. The lowest BCUT2D eigenvalue weighted by Gasteiger charge is -1.91. The molecule has 0 amide bonds. The minimum Gasteiger partial charge on any atom is -0.478 e. The topological polar surface area (TPSA) is 49.3 Å². The van der Waals surface area contributed by atoms with Gasteiger partial charge < -0.3 is 10.4 Å². The van der Waals surface area contributed by atoms with E-state index in [0.29, 0.717) is 12.1 Å². The first-order chi connectivity index (χ1) is 4.22. The number of nitrogens with one attached hydrogen (secondary N) is 1. The van der Waals surface area contributed by atoms with Crippen LogP contribution in [0.3, 0.4) is 0 Å². The standard InChI is InChI=1S/C6H9NO2/c1-4-2-7-3-5(4)6(8)9/h7H,2-3H2,1H3,(H,8,9). The predicted octanol–water partition coefficient (Wildman–Crippen LogP) is -0.00930. The van der Waals surface area contributed by atoms with Crippen LogP contribution in [0.15, 0.2) is 11.1 Å². The number of carboxylic acids is 1. The molecule has 0 unspecified atom stereocenters. The molecule has 0 aromatic carbocycles. The first kappa shape index (κ1) is 6.29. The van der Waals surface area contributed by atoms with Crippen molar-refractivity contribution in [2.45, 2.75) is 6.92 Å². The molecule has 1 heterocycles. The van der Waals surface area contributed by atoms with Crippen molar-refractivity contribution in [2.75, 3.05) is 13.1 Å². The van der Waals surface area contributed by atoms with Crippen LogP contribution in [0.5, 0.6) is 0 Å². The summed E-state index contributed by atoms with van der Waals surface area (Å²) < 4.78 is 0. The second-order valence-corrected chi connectivity index (χ2v) is 2.17. The zero-order valence-electron chi connectivity index (χ0n) is 5.27. The van der Waals surface area contributed by atoms with Crippen LogP contribution < -0.4 is 5.32 Å². The molecule has 0 atom stereocenters. The quantitative estimate of drug-likeness (QED) is 0.521. The van der Waals surface area contributed by atoms with Crippen LogP contribution in [0.1, 0.15) is 6.92 Å². The zero-order chi connectivity index (χ0) is 6.85. The Bertz CT molecular complexity index is 172. The van der Waals surface area contributed by atoms with Crippen LogP contribution in [0.2, 0.25) is 0 Å². The van der Waals surface area contributed by atoms with Crippen molar-refractivity contribution in [3.05, 3.63) is 11.1 Å². The number of rotatable bonds is 1. The Hall–Kier alpha value is -0.830. The van der Waals surface area contributed by atoms with Crippen molar-refractivity contribution in [2.24, 2.45) is 0 Å². The van der Waals surface area contributed by atoms with Crippen molar-refractivity contribution in [1.29, 1.82) is 0 Å². The molecule has 0 radical (unpaired) electrons. The molecule has 0 bridgehead atoms. The summed E-state index contributed by atoms with van der Waals surface area (Å²) in [4.78, 5) is 10.3. The maximum absolute atomic E-state index is 10.3. The fraction of sp³-hybridized carbons (Fsp3) is 0.500. The monoisotopic (exact) mass is 127 g/mol. The second kappa shape index (κ2) is 2.19. The van der Waals surface area contributed by atoms with E-state index in [0.717, 1.165) is 12.1 Å². The van der Waals surface area contributed by atoms with Crippen LogP contribution in [0.4, 0.5) is 0 Å². The minimum atomic E-state index is -0.794. The maximum atomic E-state index is 10.3. The van der Waals surface area contributed by atoms with E-state index < -0.39 is 5.97 Å². The molecule has 0 saturated heterocycles. The average molecular weight is 127 g/mol. The van der Waals surface area contributed by atoms with Gasteiger partial charge >= 0.3 is 5.97 Å². The summed E-state index contributed by atoms with van der Waals surface area (Å²) in [6.45, 7) is 3.08. The molecule has 1 rings (SSSR count). The molecule has 3 nitrogen and oxygen atoms in total. The van der Waals surface area contributed by atoms with E-state index in [1.165, 1.54) is 0 Å². The highest BCUT2D eigenvalue weighted by molar-refractivity contribution is 5.88. The van der Waals surface area contributed by atoms with Crippen LogP contribution >= 0.6 is 0 Å². The molecular weight excluding hydrogens is 118 g/mol. The molecule has 0 spiro atoms. The van der Waals surface area contributed by atoms with Crippen LogP contribution in [0, 0.1) is 0 Å². The highest BCUT2D eigenvalue weighted by atomic mass is 16.4. The summed E-state index contributed by atoms with van der Waals surface area (Å²) >= 11 is 0. The number of hydrogen-bond acceptors (Lipinski definition) is 2. The Morgan fingerprint density at radius 2 is 2.33 bits per heavy atom. The molecule has 0 aromatic heterocycles. The van der Waals surface area contributed by atoms with Gasteiger partial charge in [-0.05, 0) is 12.5 Å². The summed E-state index contributed by atoms with van der Waals surface area (Å²) in [7, 11) is 0. The molecule has 0 aromatic rings. The van der Waals surface area contributed by atoms with Gasteiger partial charge in [-0.15, -0.1) is 0 Å². The molecule has 1 aliphatic heterocycles. The smallest absolute Gasteiger partial charge is 0.332 e. The number of hydrogen-bond donors (Lipinski definition) is 2. The van der Waals surface area contributed by atoms with E-state index in [9.17, 15) is 4.79 Å². The molecule has 0 fully saturated rings. The van der Waals surface area contributed by atoms with E-state index in [1.54, 1.807) is 0 Å². The Balaban J connectivity index is 2.78. The lowest BCUT2D eigenvalue weighted by atomic mass is 10.2. The number of aliphatic carboxylic acids is 1. The van der Waals surface area contributed by atoms with Crippen molar-refractivity contribution in [3.8, 4) is 0 Å². The van der Waals surface area contributed by atoms with Crippen molar-refractivity contribution >= 4 is 5.97 Å². The normalized spacial score (nSPS) is 18.8. The van der Waals surface area contributed by atoms with E-state index >= 15 is 0 Å². The first-order valence-electron chi connectivity index (χ1n) is 2.84. The van der Waals surface area contributed by atoms with Crippen molar-refractivity contribution < 1.29 is 9.90 Å². The fourth-order valence-corrected chi connectivity index (χ4v) is 0.891. The van der Waals surface area contributed by atoms with E-state index in [2.05, 4.69) is 5.32 Å². The summed E-state index contributed by atoms with van der Waals surface area (Å²) in [5.74, 6) is -0.794. The van der Waals surface area contributed by atoms with Crippen LogP contribution in [0.25, 0.3) is 0 Å². The fourth-order valence-electron chi connectivity index (χ4n) is 0.891. The van der Waals surface area contributed by atoms with E-state index in [4.69, 9.17) is 5.11 Å². The molecular formula is C6H9NO2. The van der Waals surface area contributed by atoms with Gasteiger partial charge in [-0.3, -0.25) is 0 Å². The highest BCUT2D eigenvalue weighted by Crippen LogP contribution is 2.07. The minimum absolute atomic E-state index is 0.515. The molecule has 0 saturated carbocycles. The largest absolute Gasteiger partial charge is 0.478 e. The van der Waals surface area contributed by atoms with Gasteiger partial charge in [0, 0.05) is 13.1 Å². The summed E-state index contributed by atoms with van der Waals surface area (Å²) in [6.07, 6.45) is 0. The van der Waals surface area contributed by atoms with E-state index in [-0.39, 0.29) is 0 Å². The lowest BCUT2D eigenvalue weighted by molar-refractivity contribution is -0.132. The number of carboxylic acid groups (broad SMARTS) is 1. The van der Waals surface area contributed by atoms with Gasteiger partial charge in [0.05, 0.1) is 5.57 Å². The molecule has 2 N–H and O–H groups in total. The van der Waals surface area contributed by atoms with Gasteiger partial charge in [0.1, 0.15) is 0 Å². The molecule has 3 heteroatoms. The number of carbonyl (C=O) groups is 1. The summed E-state index contributed by atoms with van der Waals surface area (Å²) in [5, 5.41) is 11.4. The SMILES string of the molecule is CC1=C(C(=O)O)CNC1. The third-order valence-corrected chi connectivity index (χ3v) is 1.47. The lowest BCUT2D eigenvalue weighted by Crippen LogP contribution is -2.11. The van der Waals surface area contributed by atoms with Gasteiger partial charge in [-0.1, -0.05) is 0 Å². The van der Waals surface area contributed by atoms with Gasteiger partial charge in [0.15, 0.2) is 0 Å². The van der Waals surface area contributed by atoms with Crippen molar-refractivity contribution in [1.82, 2.24) is 5.32 Å². The highest BCUT2D eigenvalue weighted by Gasteiger charge is 2.15. The van der Waals surface area contributed by atoms with Crippen molar-refractivity contribution in [3.63, 3.8) is 0 Å². The Morgan fingerprint density at radius 1 is 1.67 bits per heavy atom. The third-order valence-electron chi connectivity index (χ3n) is 1.47. The molecule has 1 aliphatic rings. The molecule has 0 aliphatic carbocycles. The zero-order valence-corrected chi connectivity index (χ0v) is 5.27.